The van der Waals surface area contributed by atoms with Gasteiger partial charge in [-0.05, 0) is 37.1 Å². The number of allylic oxidation sites excluding steroid dienone is 3. The van der Waals surface area contributed by atoms with Crippen LogP contribution >= 0.6 is 23.1 Å². The number of ether oxygens (including phenoxy) is 2. The predicted octanol–water partition coefficient (Wildman–Crippen LogP) is 4.18. The van der Waals surface area contributed by atoms with Crippen LogP contribution in [0.5, 0.6) is 11.5 Å². The Morgan fingerprint density at radius 2 is 2.15 bits per heavy atom. The van der Waals surface area contributed by atoms with Crippen LogP contribution in [-0.2, 0) is 9.59 Å². The summed E-state index contributed by atoms with van der Waals surface area (Å²) < 4.78 is 16.6. The van der Waals surface area contributed by atoms with Crippen molar-refractivity contribution in [3.05, 3.63) is 65.0 Å². The van der Waals surface area contributed by atoms with Gasteiger partial charge in [0.15, 0.2) is 10.1 Å². The molecule has 200 valence electrons. The van der Waals surface area contributed by atoms with Crippen LogP contribution in [0.2, 0.25) is 0 Å². The number of amides is 1. The molecule has 11 nitrogen and oxygen atoms in total. The number of carbonyl (C=O) groups excluding carboxylic acids is 2. The monoisotopic (exact) mass is 564 g/mol. The lowest BCUT2D eigenvalue weighted by molar-refractivity contribution is -0.116. The SMILES string of the molecule is COc1ccc(NC(=O)CSc2nnc(N3C(N)=C(C#N)C(c4ccco4)C4=C3CCCC4=O)s2)c(OC)c1. The quantitative estimate of drug-likeness (QED) is 0.378. The van der Waals surface area contributed by atoms with Gasteiger partial charge < -0.3 is 24.9 Å². The molecule has 1 aliphatic carbocycles. The van der Waals surface area contributed by atoms with Gasteiger partial charge in [0.1, 0.15) is 23.1 Å². The van der Waals surface area contributed by atoms with E-state index in [0.717, 1.165) is 0 Å². The molecule has 0 radical (unpaired) electrons. The van der Waals surface area contributed by atoms with E-state index in [-0.39, 0.29) is 28.8 Å². The van der Waals surface area contributed by atoms with Crippen LogP contribution in [0, 0.1) is 11.3 Å². The maximum Gasteiger partial charge on any atom is 0.234 e. The fraction of sp³-hybridized carbons (Fsp3) is 0.269. The molecule has 3 aromatic rings. The zero-order valence-corrected chi connectivity index (χ0v) is 22.7. The Labute approximate surface area is 232 Å². The molecule has 1 unspecified atom stereocenters. The van der Waals surface area contributed by atoms with Gasteiger partial charge in [0.25, 0.3) is 0 Å². The molecule has 1 aromatic carbocycles. The Hall–Kier alpha value is -4.28. The summed E-state index contributed by atoms with van der Waals surface area (Å²) in [5.74, 6) is 0.871. The van der Waals surface area contributed by atoms with Gasteiger partial charge in [-0.25, -0.2) is 0 Å². The number of anilines is 2. The Balaban J connectivity index is 1.36. The maximum atomic E-state index is 13.1. The van der Waals surface area contributed by atoms with E-state index in [0.29, 0.717) is 63.0 Å². The summed E-state index contributed by atoms with van der Waals surface area (Å²) in [7, 11) is 3.06. The number of methoxy groups -OCH3 is 2. The Kier molecular flexibility index (Phi) is 7.58. The summed E-state index contributed by atoms with van der Waals surface area (Å²) >= 11 is 2.44. The average molecular weight is 565 g/mol. The third kappa shape index (κ3) is 5.08. The van der Waals surface area contributed by atoms with Crippen LogP contribution in [-0.4, -0.2) is 41.9 Å². The van der Waals surface area contributed by atoms with Gasteiger partial charge in [-0.3, -0.25) is 14.5 Å². The number of benzene rings is 1. The third-order valence-electron chi connectivity index (χ3n) is 6.34. The number of carbonyl (C=O) groups is 2. The topological polar surface area (TPSA) is 157 Å². The molecular formula is C26H24N6O5S2. The van der Waals surface area contributed by atoms with Crippen molar-refractivity contribution in [1.82, 2.24) is 10.2 Å². The molecule has 3 heterocycles. The number of nitrogens with two attached hydrogens (primary N) is 1. The molecule has 0 bridgehead atoms. The second kappa shape index (κ2) is 11.2. The van der Waals surface area contributed by atoms with E-state index in [9.17, 15) is 14.9 Å². The standard InChI is InChI=1S/C26H24N6O5S2/c1-35-14-8-9-16(20(11-14)36-2)29-21(34)13-38-26-31-30-25(39-26)32-17-5-3-6-18(33)23(17)22(15(12-27)24(32)28)19-7-4-10-37-19/h4,7-11,22H,3,5-6,13,28H2,1-2H3,(H,29,34). The van der Waals surface area contributed by atoms with E-state index in [1.807, 2.05) is 0 Å². The van der Waals surface area contributed by atoms with Crippen molar-refractivity contribution in [3.8, 4) is 17.6 Å². The molecular weight excluding hydrogens is 540 g/mol. The smallest absolute Gasteiger partial charge is 0.234 e. The number of nitriles is 1. The van der Waals surface area contributed by atoms with Crippen LogP contribution < -0.4 is 25.4 Å². The van der Waals surface area contributed by atoms with E-state index in [1.165, 1.54) is 36.5 Å². The number of hydrogen-bond donors (Lipinski definition) is 2. The van der Waals surface area contributed by atoms with E-state index in [1.54, 1.807) is 42.3 Å². The number of hydrogen-bond acceptors (Lipinski definition) is 12. The van der Waals surface area contributed by atoms with E-state index >= 15 is 0 Å². The normalized spacial score (nSPS) is 17.1. The minimum atomic E-state index is -0.663. The molecule has 0 spiro atoms. The van der Waals surface area contributed by atoms with Crippen LogP contribution in [0.3, 0.4) is 0 Å². The van der Waals surface area contributed by atoms with Crippen molar-refractivity contribution < 1.29 is 23.5 Å². The molecule has 1 amide bonds. The molecule has 3 N–H and O–H groups in total. The zero-order valence-electron chi connectivity index (χ0n) is 21.1. The summed E-state index contributed by atoms with van der Waals surface area (Å²) in [6.45, 7) is 0. The maximum absolute atomic E-state index is 13.1. The summed E-state index contributed by atoms with van der Waals surface area (Å²) in [4.78, 5) is 27.4. The van der Waals surface area contributed by atoms with Crippen molar-refractivity contribution in [2.45, 2.75) is 29.5 Å². The summed E-state index contributed by atoms with van der Waals surface area (Å²) in [5.41, 5.74) is 8.45. The first-order valence-electron chi connectivity index (χ1n) is 11.9. The number of nitrogens with one attached hydrogen (secondary N) is 1. The van der Waals surface area contributed by atoms with Gasteiger partial charge >= 0.3 is 0 Å². The molecule has 0 fully saturated rings. The summed E-state index contributed by atoms with van der Waals surface area (Å²) in [5, 5.41) is 21.8. The number of Topliss-reactive ketones (excluding diaryl/α,β-unsaturated/α-hetero) is 1. The van der Waals surface area contributed by atoms with Crippen molar-refractivity contribution in [1.29, 1.82) is 5.26 Å². The first kappa shape index (κ1) is 26.3. The van der Waals surface area contributed by atoms with Crippen LogP contribution in [0.1, 0.15) is 30.9 Å². The average Bonchev–Trinajstić information content (AvgIpc) is 3.64. The molecule has 0 saturated heterocycles. The third-order valence-corrected chi connectivity index (χ3v) is 8.38. The lowest BCUT2D eigenvalue weighted by atomic mass is 9.78. The lowest BCUT2D eigenvalue weighted by Gasteiger charge is -2.37. The number of aromatic nitrogens is 2. The Morgan fingerprint density at radius 3 is 2.87 bits per heavy atom. The minimum absolute atomic E-state index is 0.0485. The van der Waals surface area contributed by atoms with E-state index in [4.69, 9.17) is 19.6 Å². The molecule has 2 aromatic heterocycles. The summed E-state index contributed by atoms with van der Waals surface area (Å²) in [6.07, 6.45) is 3.14. The number of rotatable bonds is 8. The van der Waals surface area contributed by atoms with Gasteiger partial charge in [-0.1, -0.05) is 23.1 Å². The highest BCUT2D eigenvalue weighted by Gasteiger charge is 2.42. The molecule has 39 heavy (non-hydrogen) atoms. The molecule has 2 aliphatic rings. The van der Waals surface area contributed by atoms with Crippen molar-refractivity contribution in [2.24, 2.45) is 5.73 Å². The fourth-order valence-corrected chi connectivity index (χ4v) is 6.29. The second-order valence-corrected chi connectivity index (χ2v) is 10.8. The van der Waals surface area contributed by atoms with Gasteiger partial charge in [0, 0.05) is 23.8 Å². The molecule has 1 atom stereocenters. The van der Waals surface area contributed by atoms with Crippen LogP contribution in [0.4, 0.5) is 10.8 Å². The molecule has 1 aliphatic heterocycles. The fourth-order valence-electron chi connectivity index (χ4n) is 4.61. The highest BCUT2D eigenvalue weighted by Crippen LogP contribution is 2.47. The molecule has 13 heteroatoms. The number of nitrogens with zero attached hydrogens (tertiary/aromatic N) is 4. The minimum Gasteiger partial charge on any atom is -0.497 e. The first-order valence-corrected chi connectivity index (χ1v) is 13.7. The second-order valence-electron chi connectivity index (χ2n) is 8.59. The zero-order chi connectivity index (χ0) is 27.5. The molecule has 5 rings (SSSR count). The first-order chi connectivity index (χ1) is 18.9. The van der Waals surface area contributed by atoms with E-state index < -0.39 is 5.92 Å². The number of ketones is 1. The van der Waals surface area contributed by atoms with Gasteiger partial charge in [-0.15, -0.1) is 10.2 Å². The van der Waals surface area contributed by atoms with Gasteiger partial charge in [0.2, 0.25) is 11.0 Å². The lowest BCUT2D eigenvalue weighted by Crippen LogP contribution is -2.38. The molecule has 0 saturated carbocycles. The highest BCUT2D eigenvalue weighted by molar-refractivity contribution is 8.01. The largest absolute Gasteiger partial charge is 0.497 e. The van der Waals surface area contributed by atoms with Crippen LogP contribution in [0.25, 0.3) is 0 Å². The predicted molar refractivity (Wildman–Crippen MR) is 145 cm³/mol. The Morgan fingerprint density at radius 1 is 1.31 bits per heavy atom. The van der Waals surface area contributed by atoms with Gasteiger partial charge in [0.05, 0.1) is 49.5 Å². The van der Waals surface area contributed by atoms with Crippen molar-refractivity contribution in [2.75, 3.05) is 30.2 Å². The number of furan rings is 1. The summed E-state index contributed by atoms with van der Waals surface area (Å²) in [6, 6.07) is 10.7. The van der Waals surface area contributed by atoms with Gasteiger partial charge in [-0.2, -0.15) is 5.26 Å². The number of thioether (sulfide) groups is 1. The van der Waals surface area contributed by atoms with Crippen LogP contribution in [0.15, 0.2) is 68.0 Å². The highest BCUT2D eigenvalue weighted by atomic mass is 32.2. The Bertz CT molecular complexity index is 1520. The van der Waals surface area contributed by atoms with Crippen molar-refractivity contribution >= 4 is 45.6 Å². The van der Waals surface area contributed by atoms with E-state index in [2.05, 4.69) is 21.6 Å². The van der Waals surface area contributed by atoms with Crippen molar-refractivity contribution in [3.63, 3.8) is 0 Å².